The Bertz CT molecular complexity index is 430. The van der Waals surface area contributed by atoms with Gasteiger partial charge in [0.05, 0.1) is 17.2 Å². The van der Waals surface area contributed by atoms with Crippen LogP contribution in [-0.2, 0) is 10.9 Å². The first-order chi connectivity index (χ1) is 8.97. The van der Waals surface area contributed by atoms with Crippen LogP contribution < -0.4 is 5.32 Å². The molecule has 0 bridgehead atoms. The summed E-state index contributed by atoms with van der Waals surface area (Å²) < 4.78 is 43.4. The Labute approximate surface area is 114 Å². The van der Waals surface area contributed by atoms with Gasteiger partial charge in [0.1, 0.15) is 0 Å². The first kappa shape index (κ1) is 14.5. The molecule has 1 N–H and O–H groups in total. The van der Waals surface area contributed by atoms with Gasteiger partial charge in [-0.15, -0.1) is 0 Å². The molecule has 1 aliphatic rings. The van der Waals surface area contributed by atoms with Crippen molar-refractivity contribution in [1.82, 2.24) is 0 Å². The first-order valence-corrected chi connectivity index (χ1v) is 6.53. The van der Waals surface area contributed by atoms with E-state index in [1.807, 2.05) is 0 Å². The molecule has 2 nitrogen and oxygen atoms in total. The molecule has 0 saturated carbocycles. The molecule has 1 heterocycles. The molecule has 0 aliphatic carbocycles. The van der Waals surface area contributed by atoms with Crippen molar-refractivity contribution in [2.24, 2.45) is 5.92 Å². The van der Waals surface area contributed by atoms with Crippen molar-refractivity contribution < 1.29 is 17.9 Å². The lowest BCUT2D eigenvalue weighted by atomic mass is 10.0. The highest BCUT2D eigenvalue weighted by atomic mass is 35.5. The molecule has 19 heavy (non-hydrogen) atoms. The van der Waals surface area contributed by atoms with Gasteiger partial charge in [0.15, 0.2) is 0 Å². The second kappa shape index (κ2) is 6.01. The molecule has 1 aliphatic heterocycles. The van der Waals surface area contributed by atoms with Crippen LogP contribution in [0.2, 0.25) is 5.02 Å². The Morgan fingerprint density at radius 3 is 2.79 bits per heavy atom. The molecule has 1 unspecified atom stereocenters. The summed E-state index contributed by atoms with van der Waals surface area (Å²) in [5, 5.41) is 2.74. The molecule has 6 heteroatoms. The summed E-state index contributed by atoms with van der Waals surface area (Å²) in [6.07, 6.45) is -2.39. The van der Waals surface area contributed by atoms with Gasteiger partial charge in [-0.05, 0) is 37.0 Å². The van der Waals surface area contributed by atoms with Crippen molar-refractivity contribution >= 4 is 17.3 Å². The summed E-state index contributed by atoms with van der Waals surface area (Å²) in [5.41, 5.74) is -0.374. The number of ether oxygens (including phenoxy) is 1. The smallest absolute Gasteiger partial charge is 0.385 e. The van der Waals surface area contributed by atoms with E-state index < -0.39 is 11.7 Å². The fraction of sp³-hybridized carbons (Fsp3) is 0.538. The zero-order chi connectivity index (χ0) is 13.9. The monoisotopic (exact) mass is 293 g/mol. The molecule has 1 fully saturated rings. The second-order valence-corrected chi connectivity index (χ2v) is 5.06. The largest absolute Gasteiger partial charge is 0.417 e. The number of halogens is 4. The fourth-order valence-electron chi connectivity index (χ4n) is 2.08. The summed E-state index contributed by atoms with van der Waals surface area (Å²) >= 11 is 5.56. The molecule has 1 aromatic rings. The predicted octanol–water partition coefficient (Wildman–Crippen LogP) is 4.20. The van der Waals surface area contributed by atoms with Gasteiger partial charge in [-0.2, -0.15) is 13.2 Å². The first-order valence-electron chi connectivity index (χ1n) is 6.15. The Morgan fingerprint density at radius 1 is 1.37 bits per heavy atom. The van der Waals surface area contributed by atoms with Crippen LogP contribution in [0.3, 0.4) is 0 Å². The molecule has 0 spiro atoms. The summed E-state index contributed by atoms with van der Waals surface area (Å²) in [7, 11) is 0. The highest BCUT2D eigenvalue weighted by molar-refractivity contribution is 6.31. The number of hydrogen-bond donors (Lipinski definition) is 1. The molecule has 1 aromatic carbocycles. The van der Waals surface area contributed by atoms with Crippen molar-refractivity contribution in [3.05, 3.63) is 28.8 Å². The maximum atomic E-state index is 12.7. The molecule has 1 atom stereocenters. The van der Waals surface area contributed by atoms with Crippen LogP contribution in [0, 0.1) is 5.92 Å². The molecular weight excluding hydrogens is 279 g/mol. The van der Waals surface area contributed by atoms with Crippen molar-refractivity contribution in [2.45, 2.75) is 19.0 Å². The summed E-state index contributed by atoms with van der Waals surface area (Å²) in [4.78, 5) is 0. The maximum Gasteiger partial charge on any atom is 0.417 e. The number of hydrogen-bond acceptors (Lipinski definition) is 2. The lowest BCUT2D eigenvalue weighted by Gasteiger charge is -2.23. The van der Waals surface area contributed by atoms with Gasteiger partial charge in [-0.3, -0.25) is 0 Å². The fourth-order valence-corrected chi connectivity index (χ4v) is 2.31. The molecular formula is C13H15ClF3NO. The standard InChI is InChI=1S/C13H15ClF3NO/c14-12-4-3-10(6-11(12)13(15,16)17)18-7-9-2-1-5-19-8-9/h3-4,6,9,18H,1-2,5,7-8H2. The van der Waals surface area contributed by atoms with E-state index in [1.54, 1.807) is 6.07 Å². The molecule has 0 radical (unpaired) electrons. The van der Waals surface area contributed by atoms with Crippen molar-refractivity contribution in [3.8, 4) is 0 Å². The molecule has 0 amide bonds. The van der Waals surface area contributed by atoms with Crippen molar-refractivity contribution in [2.75, 3.05) is 25.1 Å². The van der Waals surface area contributed by atoms with Crippen molar-refractivity contribution in [3.63, 3.8) is 0 Å². The third-order valence-electron chi connectivity index (χ3n) is 3.12. The molecule has 2 rings (SSSR count). The van der Waals surface area contributed by atoms with Gasteiger partial charge in [-0.1, -0.05) is 11.6 Å². The predicted molar refractivity (Wildman–Crippen MR) is 68.5 cm³/mol. The van der Waals surface area contributed by atoms with E-state index in [9.17, 15) is 13.2 Å². The van der Waals surface area contributed by atoms with Crippen LogP contribution in [0.4, 0.5) is 18.9 Å². The van der Waals surface area contributed by atoms with Crippen LogP contribution in [0.15, 0.2) is 18.2 Å². The van der Waals surface area contributed by atoms with Gasteiger partial charge in [0.25, 0.3) is 0 Å². The molecule has 1 saturated heterocycles. The third kappa shape index (κ3) is 4.01. The van der Waals surface area contributed by atoms with Gasteiger partial charge < -0.3 is 10.1 Å². The average molecular weight is 294 g/mol. The number of rotatable bonds is 3. The summed E-state index contributed by atoms with van der Waals surface area (Å²) in [5.74, 6) is 0.346. The van der Waals surface area contributed by atoms with E-state index in [4.69, 9.17) is 16.3 Å². The molecule has 0 aromatic heterocycles. The van der Waals surface area contributed by atoms with E-state index in [2.05, 4.69) is 5.32 Å². The zero-order valence-electron chi connectivity index (χ0n) is 10.3. The van der Waals surface area contributed by atoms with Gasteiger partial charge in [0.2, 0.25) is 0 Å². The Hall–Kier alpha value is -0.940. The van der Waals surface area contributed by atoms with Gasteiger partial charge in [0, 0.05) is 18.8 Å². The lowest BCUT2D eigenvalue weighted by molar-refractivity contribution is -0.137. The summed E-state index contributed by atoms with van der Waals surface area (Å²) in [6, 6.07) is 3.87. The normalized spacial score (nSPS) is 20.3. The Balaban J connectivity index is 2.00. The van der Waals surface area contributed by atoms with Crippen LogP contribution in [0.1, 0.15) is 18.4 Å². The van der Waals surface area contributed by atoms with E-state index in [0.717, 1.165) is 25.5 Å². The minimum atomic E-state index is -4.43. The second-order valence-electron chi connectivity index (χ2n) is 4.66. The number of nitrogens with one attached hydrogen (secondary N) is 1. The Kier molecular flexibility index (Phi) is 4.58. The third-order valence-corrected chi connectivity index (χ3v) is 3.45. The topological polar surface area (TPSA) is 21.3 Å². The van der Waals surface area contributed by atoms with E-state index in [-0.39, 0.29) is 5.02 Å². The number of anilines is 1. The SMILES string of the molecule is FC(F)(F)c1cc(NCC2CCCOC2)ccc1Cl. The van der Waals surface area contributed by atoms with Gasteiger partial charge in [-0.25, -0.2) is 0 Å². The van der Waals surface area contributed by atoms with Crippen LogP contribution in [-0.4, -0.2) is 19.8 Å². The summed E-state index contributed by atoms with van der Waals surface area (Å²) in [6.45, 7) is 2.04. The van der Waals surface area contributed by atoms with Crippen molar-refractivity contribution in [1.29, 1.82) is 0 Å². The maximum absolute atomic E-state index is 12.7. The highest BCUT2D eigenvalue weighted by Gasteiger charge is 2.33. The van der Waals surface area contributed by atoms with Crippen LogP contribution in [0.5, 0.6) is 0 Å². The number of alkyl halides is 3. The van der Waals surface area contributed by atoms with E-state index in [1.165, 1.54) is 6.07 Å². The zero-order valence-corrected chi connectivity index (χ0v) is 11.0. The lowest BCUT2D eigenvalue weighted by Crippen LogP contribution is -2.24. The highest BCUT2D eigenvalue weighted by Crippen LogP contribution is 2.36. The van der Waals surface area contributed by atoms with E-state index >= 15 is 0 Å². The minimum absolute atomic E-state index is 0.279. The van der Waals surface area contributed by atoms with E-state index in [0.29, 0.717) is 24.8 Å². The van der Waals surface area contributed by atoms with Crippen LogP contribution in [0.25, 0.3) is 0 Å². The van der Waals surface area contributed by atoms with Gasteiger partial charge >= 0.3 is 6.18 Å². The average Bonchev–Trinajstić information content (AvgIpc) is 2.37. The number of benzene rings is 1. The quantitative estimate of drug-likeness (QED) is 0.902. The van der Waals surface area contributed by atoms with Crippen LogP contribution >= 0.6 is 11.6 Å². The molecule has 106 valence electrons. The Morgan fingerprint density at radius 2 is 2.16 bits per heavy atom. The minimum Gasteiger partial charge on any atom is -0.385 e.